The predicted octanol–water partition coefficient (Wildman–Crippen LogP) is 5.81. The first-order chi connectivity index (χ1) is 12.6. The molecule has 0 aliphatic carbocycles. The van der Waals surface area contributed by atoms with Crippen molar-refractivity contribution in [2.75, 3.05) is 11.9 Å². The number of rotatable bonds is 5. The maximum atomic E-state index is 12.2. The Kier molecular flexibility index (Phi) is 9.28. The molecule has 0 saturated carbocycles. The van der Waals surface area contributed by atoms with Crippen molar-refractivity contribution in [3.05, 3.63) is 70.8 Å². The monoisotopic (exact) mass is 458 g/mol. The van der Waals surface area contributed by atoms with Gasteiger partial charge in [0.1, 0.15) is 0 Å². The van der Waals surface area contributed by atoms with Gasteiger partial charge in [0.2, 0.25) is 0 Å². The molecule has 0 saturated heterocycles. The summed E-state index contributed by atoms with van der Waals surface area (Å²) in [5, 5.41) is 9.27. The average Bonchev–Trinajstić information content (AvgIpc) is 2.61. The van der Waals surface area contributed by atoms with Crippen LogP contribution in [-0.4, -0.2) is 17.0 Å². The summed E-state index contributed by atoms with van der Waals surface area (Å²) in [5.74, 6) is 0. The van der Waals surface area contributed by atoms with Crippen molar-refractivity contribution in [2.24, 2.45) is 0 Å². The molecule has 0 bridgehead atoms. The van der Waals surface area contributed by atoms with E-state index in [1.807, 2.05) is 0 Å². The molecule has 2 aromatic rings. The van der Waals surface area contributed by atoms with Crippen LogP contribution in [0.4, 0.5) is 26.3 Å². The van der Waals surface area contributed by atoms with Gasteiger partial charge in [-0.25, -0.2) is 0 Å². The van der Waals surface area contributed by atoms with Gasteiger partial charge in [-0.1, -0.05) is 40.2 Å². The Morgan fingerprint density at radius 2 is 1.15 bits per heavy atom. The number of aliphatic hydroxyl groups excluding tert-OH is 1. The summed E-state index contributed by atoms with van der Waals surface area (Å²) in [7, 11) is 0. The first-order valence-electron chi connectivity index (χ1n) is 7.64. The number of hydrogen-bond acceptors (Lipinski definition) is 2. The minimum atomic E-state index is -4.30. The lowest BCUT2D eigenvalue weighted by atomic mass is 10.1. The highest BCUT2D eigenvalue weighted by Gasteiger charge is 2.30. The van der Waals surface area contributed by atoms with Crippen molar-refractivity contribution in [3.63, 3.8) is 0 Å². The Labute approximate surface area is 160 Å². The maximum Gasteiger partial charge on any atom is 0.416 e. The molecule has 0 spiro atoms. The summed E-state index contributed by atoms with van der Waals surface area (Å²) in [6, 6.07) is 9.39. The Balaban J connectivity index is 0.000000277. The lowest BCUT2D eigenvalue weighted by Gasteiger charge is -2.07. The SMILES string of the molecule is FC(F)(F)c1ccc(COCCBr)cc1.OCc1ccc(C(F)(F)F)cc1. The molecule has 150 valence electrons. The predicted molar refractivity (Wildman–Crippen MR) is 92.3 cm³/mol. The second kappa shape index (κ2) is 10.7. The van der Waals surface area contributed by atoms with Gasteiger partial charge in [0.15, 0.2) is 0 Å². The van der Waals surface area contributed by atoms with Crippen molar-refractivity contribution in [3.8, 4) is 0 Å². The molecule has 0 amide bonds. The Hall–Kier alpha value is -1.58. The number of aliphatic hydroxyl groups is 1. The molecular weight excluding hydrogens is 442 g/mol. The van der Waals surface area contributed by atoms with E-state index in [1.165, 1.54) is 24.3 Å². The van der Waals surface area contributed by atoms with Crippen molar-refractivity contribution in [1.29, 1.82) is 0 Å². The van der Waals surface area contributed by atoms with Gasteiger partial charge < -0.3 is 9.84 Å². The normalized spacial score (nSPS) is 11.7. The molecule has 0 aliphatic heterocycles. The number of halogens is 7. The fourth-order valence-electron chi connectivity index (χ4n) is 1.83. The maximum absolute atomic E-state index is 12.2. The van der Waals surface area contributed by atoms with Gasteiger partial charge in [-0.2, -0.15) is 26.3 Å². The van der Waals surface area contributed by atoms with Crippen LogP contribution in [0.5, 0.6) is 0 Å². The average molecular weight is 459 g/mol. The molecule has 0 aliphatic rings. The van der Waals surface area contributed by atoms with Gasteiger partial charge in [-0.05, 0) is 35.4 Å². The largest absolute Gasteiger partial charge is 0.416 e. The van der Waals surface area contributed by atoms with E-state index >= 15 is 0 Å². The van der Waals surface area contributed by atoms with Crippen LogP contribution in [0.15, 0.2) is 48.5 Å². The molecule has 2 nitrogen and oxygen atoms in total. The highest BCUT2D eigenvalue weighted by Crippen LogP contribution is 2.29. The van der Waals surface area contributed by atoms with Crippen LogP contribution < -0.4 is 0 Å². The van der Waals surface area contributed by atoms with E-state index in [-0.39, 0.29) is 6.61 Å². The van der Waals surface area contributed by atoms with Crippen LogP contribution in [0.1, 0.15) is 22.3 Å². The molecule has 0 aromatic heterocycles. The Bertz CT molecular complexity index is 666. The number of alkyl halides is 7. The lowest BCUT2D eigenvalue weighted by molar-refractivity contribution is -0.138. The molecule has 9 heteroatoms. The number of ether oxygens (including phenoxy) is 1. The van der Waals surface area contributed by atoms with Gasteiger partial charge >= 0.3 is 12.4 Å². The van der Waals surface area contributed by atoms with E-state index in [0.717, 1.165) is 29.8 Å². The first-order valence-corrected chi connectivity index (χ1v) is 8.77. The van der Waals surface area contributed by atoms with E-state index < -0.39 is 23.5 Å². The topological polar surface area (TPSA) is 29.5 Å². The molecule has 2 aromatic carbocycles. The van der Waals surface area contributed by atoms with E-state index in [2.05, 4.69) is 15.9 Å². The molecule has 0 atom stereocenters. The van der Waals surface area contributed by atoms with Crippen LogP contribution in [0.25, 0.3) is 0 Å². The summed E-state index contributed by atoms with van der Waals surface area (Å²) in [6.45, 7) is 0.642. The Morgan fingerprint density at radius 3 is 1.48 bits per heavy atom. The fourth-order valence-corrected chi connectivity index (χ4v) is 2.06. The quantitative estimate of drug-likeness (QED) is 0.347. The molecular formula is C18H17BrF6O2. The molecule has 1 N–H and O–H groups in total. The highest BCUT2D eigenvalue weighted by molar-refractivity contribution is 9.09. The summed E-state index contributed by atoms with van der Waals surface area (Å²) in [5.41, 5.74) is -0.113. The summed E-state index contributed by atoms with van der Waals surface area (Å²) in [4.78, 5) is 0. The van der Waals surface area contributed by atoms with Crippen molar-refractivity contribution >= 4 is 15.9 Å². The zero-order chi connectivity index (χ0) is 20.5. The number of hydrogen-bond donors (Lipinski definition) is 1. The fraction of sp³-hybridized carbons (Fsp3) is 0.333. The van der Waals surface area contributed by atoms with Gasteiger partial charge in [0, 0.05) is 5.33 Å². The molecule has 0 fully saturated rings. The molecule has 0 radical (unpaired) electrons. The summed E-state index contributed by atoms with van der Waals surface area (Å²) in [6.07, 6.45) is -8.57. The van der Waals surface area contributed by atoms with Gasteiger partial charge in [-0.15, -0.1) is 0 Å². The molecule has 27 heavy (non-hydrogen) atoms. The van der Waals surface area contributed by atoms with Crippen LogP contribution >= 0.6 is 15.9 Å². The van der Waals surface area contributed by atoms with E-state index in [0.29, 0.717) is 24.1 Å². The second-order valence-electron chi connectivity index (χ2n) is 5.29. The zero-order valence-electron chi connectivity index (χ0n) is 13.9. The number of benzene rings is 2. The van der Waals surface area contributed by atoms with Gasteiger partial charge in [0.25, 0.3) is 0 Å². The second-order valence-corrected chi connectivity index (χ2v) is 6.08. The van der Waals surface area contributed by atoms with Crippen LogP contribution in [0.2, 0.25) is 0 Å². The summed E-state index contributed by atoms with van der Waals surface area (Å²) >= 11 is 3.19. The summed E-state index contributed by atoms with van der Waals surface area (Å²) < 4.78 is 77.6. The Morgan fingerprint density at radius 1 is 0.741 bits per heavy atom. The lowest BCUT2D eigenvalue weighted by Crippen LogP contribution is -2.04. The highest BCUT2D eigenvalue weighted by atomic mass is 79.9. The smallest absolute Gasteiger partial charge is 0.392 e. The standard InChI is InChI=1S/C10H10BrF3O.C8H7F3O/c11-5-6-15-7-8-1-3-9(4-2-8)10(12,13)14;9-8(10,11)7-3-1-6(5-12)2-4-7/h1-4H,5-7H2;1-4,12H,5H2. The van der Waals surface area contributed by atoms with E-state index in [1.54, 1.807) is 0 Å². The third kappa shape index (κ3) is 8.77. The van der Waals surface area contributed by atoms with Crippen molar-refractivity contribution in [1.82, 2.24) is 0 Å². The third-order valence-corrected chi connectivity index (χ3v) is 3.56. The minimum absolute atomic E-state index is 0.238. The van der Waals surface area contributed by atoms with E-state index in [4.69, 9.17) is 9.84 Å². The van der Waals surface area contributed by atoms with Gasteiger partial charge in [0.05, 0.1) is 30.9 Å². The zero-order valence-corrected chi connectivity index (χ0v) is 15.5. The molecule has 2 rings (SSSR count). The van der Waals surface area contributed by atoms with Crippen molar-refractivity contribution < 1.29 is 36.2 Å². The molecule has 0 heterocycles. The first kappa shape index (κ1) is 23.5. The van der Waals surface area contributed by atoms with E-state index in [9.17, 15) is 26.3 Å². The van der Waals surface area contributed by atoms with Crippen LogP contribution in [-0.2, 0) is 30.3 Å². The third-order valence-electron chi connectivity index (χ3n) is 3.24. The molecule has 0 unspecified atom stereocenters. The van der Waals surface area contributed by atoms with Crippen molar-refractivity contribution in [2.45, 2.75) is 25.6 Å². The minimum Gasteiger partial charge on any atom is -0.392 e. The van der Waals surface area contributed by atoms with Crippen LogP contribution in [0.3, 0.4) is 0 Å². The van der Waals surface area contributed by atoms with Crippen LogP contribution in [0, 0.1) is 0 Å². The van der Waals surface area contributed by atoms with Gasteiger partial charge in [-0.3, -0.25) is 0 Å².